The first kappa shape index (κ1) is 10.8. The summed E-state index contributed by atoms with van der Waals surface area (Å²) in [6.45, 7) is 2.93. The second-order valence-electron chi connectivity index (χ2n) is 3.93. The summed E-state index contributed by atoms with van der Waals surface area (Å²) in [7, 11) is 0. The summed E-state index contributed by atoms with van der Waals surface area (Å²) in [5, 5.41) is 0.321. The van der Waals surface area contributed by atoms with Crippen LogP contribution in [0.1, 0.15) is 18.5 Å². The molecule has 0 unspecified atom stereocenters. The number of halogens is 1. The molecule has 0 aliphatic carbocycles. The van der Waals surface area contributed by atoms with Gasteiger partial charge in [0.1, 0.15) is 0 Å². The molecule has 1 saturated heterocycles. The summed E-state index contributed by atoms with van der Waals surface area (Å²) in [5.74, 6) is 0. The molecule has 1 aromatic rings. The first-order valence-corrected chi connectivity index (χ1v) is 5.57. The highest BCUT2D eigenvalue weighted by Crippen LogP contribution is 2.11. The van der Waals surface area contributed by atoms with Crippen LogP contribution in [-0.4, -0.2) is 34.0 Å². The van der Waals surface area contributed by atoms with Gasteiger partial charge in [-0.25, -0.2) is 9.97 Å². The van der Waals surface area contributed by atoms with Crippen molar-refractivity contribution in [1.82, 2.24) is 14.9 Å². The lowest BCUT2D eigenvalue weighted by atomic mass is 10.1. The van der Waals surface area contributed by atoms with Crippen molar-refractivity contribution in [3.63, 3.8) is 0 Å². The van der Waals surface area contributed by atoms with Crippen molar-refractivity contribution in [2.24, 2.45) is 5.73 Å². The van der Waals surface area contributed by atoms with Crippen LogP contribution < -0.4 is 5.73 Å². The van der Waals surface area contributed by atoms with E-state index >= 15 is 0 Å². The maximum absolute atomic E-state index is 5.84. The quantitative estimate of drug-likeness (QED) is 0.766. The van der Waals surface area contributed by atoms with E-state index in [4.69, 9.17) is 17.3 Å². The van der Waals surface area contributed by atoms with E-state index in [1.807, 2.05) is 6.07 Å². The van der Waals surface area contributed by atoms with Gasteiger partial charge in [0, 0.05) is 31.9 Å². The van der Waals surface area contributed by atoms with Gasteiger partial charge in [-0.05, 0) is 30.5 Å². The minimum absolute atomic E-state index is 0.321. The molecule has 0 radical (unpaired) electrons. The minimum Gasteiger partial charge on any atom is -0.328 e. The van der Waals surface area contributed by atoms with E-state index < -0.39 is 0 Å². The largest absolute Gasteiger partial charge is 0.328 e. The fourth-order valence-electron chi connectivity index (χ4n) is 1.80. The van der Waals surface area contributed by atoms with Crippen LogP contribution in [0.4, 0.5) is 0 Å². The fourth-order valence-corrected chi connectivity index (χ4v) is 1.96. The molecule has 0 spiro atoms. The highest BCUT2D eigenvalue weighted by molar-refractivity contribution is 6.28. The zero-order chi connectivity index (χ0) is 10.7. The third-order valence-electron chi connectivity index (χ3n) is 2.70. The van der Waals surface area contributed by atoms with Crippen molar-refractivity contribution in [3.8, 4) is 0 Å². The molecule has 0 atom stereocenters. The molecule has 0 saturated carbocycles. The standard InChI is InChI=1S/C10H15ClN4/c11-10-13-4-1-9(14-10)7-15-5-2-8(12)3-6-15/h1,4,8H,2-3,5-7,12H2. The average molecular weight is 227 g/mol. The van der Waals surface area contributed by atoms with Crippen LogP contribution >= 0.6 is 11.6 Å². The molecule has 15 heavy (non-hydrogen) atoms. The number of nitrogens with zero attached hydrogens (tertiary/aromatic N) is 3. The van der Waals surface area contributed by atoms with Crippen molar-refractivity contribution in [2.75, 3.05) is 13.1 Å². The highest BCUT2D eigenvalue weighted by atomic mass is 35.5. The molecular weight excluding hydrogens is 212 g/mol. The zero-order valence-electron chi connectivity index (χ0n) is 8.56. The van der Waals surface area contributed by atoms with Gasteiger partial charge >= 0.3 is 0 Å². The molecule has 1 aliphatic rings. The summed E-state index contributed by atoms with van der Waals surface area (Å²) in [6, 6.07) is 2.27. The maximum atomic E-state index is 5.84. The van der Waals surface area contributed by atoms with Crippen molar-refractivity contribution in [2.45, 2.75) is 25.4 Å². The number of likely N-dealkylation sites (tertiary alicyclic amines) is 1. The Morgan fingerprint density at radius 2 is 2.20 bits per heavy atom. The van der Waals surface area contributed by atoms with Gasteiger partial charge in [0.2, 0.25) is 5.28 Å². The van der Waals surface area contributed by atoms with Crippen molar-refractivity contribution in [3.05, 3.63) is 23.2 Å². The third kappa shape index (κ3) is 3.12. The fraction of sp³-hybridized carbons (Fsp3) is 0.600. The predicted octanol–water partition coefficient (Wildman–Crippen LogP) is 1.05. The topological polar surface area (TPSA) is 55.0 Å². The molecule has 1 aromatic heterocycles. The molecule has 1 aliphatic heterocycles. The van der Waals surface area contributed by atoms with Gasteiger partial charge in [0.05, 0.1) is 5.69 Å². The Balaban J connectivity index is 1.92. The summed E-state index contributed by atoms with van der Waals surface area (Å²) >= 11 is 5.72. The lowest BCUT2D eigenvalue weighted by molar-refractivity contribution is 0.203. The summed E-state index contributed by atoms with van der Waals surface area (Å²) in [5.41, 5.74) is 6.82. The van der Waals surface area contributed by atoms with Gasteiger partial charge in [0.15, 0.2) is 0 Å². The van der Waals surface area contributed by atoms with Crippen molar-refractivity contribution in [1.29, 1.82) is 0 Å². The van der Waals surface area contributed by atoms with Crippen molar-refractivity contribution < 1.29 is 0 Å². The second kappa shape index (κ2) is 4.88. The molecule has 4 nitrogen and oxygen atoms in total. The molecule has 1 fully saturated rings. The lowest BCUT2D eigenvalue weighted by Crippen LogP contribution is -2.39. The highest BCUT2D eigenvalue weighted by Gasteiger charge is 2.16. The Hall–Kier alpha value is -0.710. The number of aromatic nitrogens is 2. The Bertz CT molecular complexity index is 323. The normalized spacial score (nSPS) is 19.3. The third-order valence-corrected chi connectivity index (χ3v) is 2.88. The summed E-state index contributed by atoms with van der Waals surface area (Å²) in [6.07, 6.45) is 3.83. The van der Waals surface area contributed by atoms with Gasteiger partial charge < -0.3 is 5.73 Å². The summed E-state index contributed by atoms with van der Waals surface area (Å²) < 4.78 is 0. The number of piperidine rings is 1. The Labute approximate surface area is 94.5 Å². The number of rotatable bonds is 2. The lowest BCUT2D eigenvalue weighted by Gasteiger charge is -2.29. The van der Waals surface area contributed by atoms with Crippen LogP contribution in [0.3, 0.4) is 0 Å². The van der Waals surface area contributed by atoms with Crippen LogP contribution in [0, 0.1) is 0 Å². The van der Waals surface area contributed by atoms with Gasteiger partial charge in [-0.3, -0.25) is 4.90 Å². The predicted molar refractivity (Wildman–Crippen MR) is 59.5 cm³/mol. The minimum atomic E-state index is 0.321. The van der Waals surface area contributed by atoms with Gasteiger partial charge in [-0.15, -0.1) is 0 Å². The van der Waals surface area contributed by atoms with E-state index in [-0.39, 0.29) is 0 Å². The van der Waals surface area contributed by atoms with Gasteiger partial charge in [-0.2, -0.15) is 0 Å². The molecule has 0 bridgehead atoms. The molecule has 0 amide bonds. The first-order valence-electron chi connectivity index (χ1n) is 5.19. The van der Waals surface area contributed by atoms with E-state index in [1.165, 1.54) is 0 Å². The molecular formula is C10H15ClN4. The first-order chi connectivity index (χ1) is 7.24. The molecule has 0 aromatic carbocycles. The summed E-state index contributed by atoms with van der Waals surface area (Å²) in [4.78, 5) is 10.4. The molecule has 2 N–H and O–H groups in total. The van der Waals surface area contributed by atoms with Gasteiger partial charge in [-0.1, -0.05) is 0 Å². The molecule has 2 heterocycles. The molecule has 82 valence electrons. The maximum Gasteiger partial charge on any atom is 0.222 e. The molecule has 2 rings (SSSR count). The van der Waals surface area contributed by atoms with Crippen LogP contribution in [-0.2, 0) is 6.54 Å². The number of hydrogen-bond donors (Lipinski definition) is 1. The van der Waals surface area contributed by atoms with E-state index in [2.05, 4.69) is 14.9 Å². The van der Waals surface area contributed by atoms with Crippen LogP contribution in [0.15, 0.2) is 12.3 Å². The van der Waals surface area contributed by atoms with E-state index in [0.29, 0.717) is 11.3 Å². The zero-order valence-corrected chi connectivity index (χ0v) is 9.32. The molecule has 5 heteroatoms. The monoisotopic (exact) mass is 226 g/mol. The van der Waals surface area contributed by atoms with Crippen LogP contribution in [0.2, 0.25) is 5.28 Å². The average Bonchev–Trinajstić information content (AvgIpc) is 2.22. The Morgan fingerprint density at radius 1 is 1.47 bits per heavy atom. The van der Waals surface area contributed by atoms with Crippen LogP contribution in [0.5, 0.6) is 0 Å². The van der Waals surface area contributed by atoms with Crippen LogP contribution in [0.25, 0.3) is 0 Å². The Kier molecular flexibility index (Phi) is 3.51. The van der Waals surface area contributed by atoms with E-state index in [1.54, 1.807) is 6.20 Å². The second-order valence-corrected chi connectivity index (χ2v) is 4.27. The van der Waals surface area contributed by atoms with Gasteiger partial charge in [0.25, 0.3) is 0 Å². The Morgan fingerprint density at radius 3 is 2.87 bits per heavy atom. The van der Waals surface area contributed by atoms with Crippen molar-refractivity contribution >= 4 is 11.6 Å². The number of hydrogen-bond acceptors (Lipinski definition) is 4. The number of nitrogens with two attached hydrogens (primary N) is 1. The smallest absolute Gasteiger partial charge is 0.222 e. The van der Waals surface area contributed by atoms with E-state index in [0.717, 1.165) is 38.2 Å². The van der Waals surface area contributed by atoms with E-state index in [9.17, 15) is 0 Å². The SMILES string of the molecule is NC1CCN(Cc2ccnc(Cl)n2)CC1.